The maximum atomic E-state index is 14.1. The van der Waals surface area contributed by atoms with Crippen LogP contribution in [-0.4, -0.2) is 21.8 Å². The standard InChI is InChI=1S/C14H12Cl2FNO2/c15-9-6-8(4-5-19)13(10(17)7-9)14(20)11-2-1-3-12(16)18-11/h1-3,6-7,14,19-20H,4-5H2. The summed E-state index contributed by atoms with van der Waals surface area (Å²) in [6.45, 7) is -0.178. The molecule has 1 aromatic heterocycles. The smallest absolute Gasteiger partial charge is 0.131 e. The van der Waals surface area contributed by atoms with Gasteiger partial charge in [-0.05, 0) is 36.2 Å². The molecule has 6 heteroatoms. The van der Waals surface area contributed by atoms with Gasteiger partial charge in [-0.1, -0.05) is 29.3 Å². The van der Waals surface area contributed by atoms with Crippen molar-refractivity contribution in [3.8, 4) is 0 Å². The molecule has 2 aromatic rings. The minimum Gasteiger partial charge on any atom is -0.396 e. The molecule has 0 amide bonds. The molecule has 0 aliphatic heterocycles. The first-order valence-corrected chi connectivity index (χ1v) is 6.67. The van der Waals surface area contributed by atoms with Crippen molar-refractivity contribution in [2.75, 3.05) is 6.61 Å². The van der Waals surface area contributed by atoms with Crippen molar-refractivity contribution < 1.29 is 14.6 Å². The third-order valence-electron chi connectivity index (χ3n) is 2.85. The molecule has 0 bridgehead atoms. The molecule has 1 heterocycles. The summed E-state index contributed by atoms with van der Waals surface area (Å²) < 4.78 is 14.1. The Labute approximate surface area is 125 Å². The van der Waals surface area contributed by atoms with Crippen LogP contribution < -0.4 is 0 Å². The molecule has 0 aliphatic carbocycles. The number of aliphatic hydroxyl groups excluding tert-OH is 2. The number of halogens is 3. The number of aliphatic hydroxyl groups is 2. The molecule has 0 saturated carbocycles. The second-order valence-corrected chi connectivity index (χ2v) is 5.05. The van der Waals surface area contributed by atoms with Crippen LogP contribution in [0.1, 0.15) is 22.9 Å². The fourth-order valence-electron chi connectivity index (χ4n) is 2.00. The van der Waals surface area contributed by atoms with E-state index in [1.807, 2.05) is 0 Å². The van der Waals surface area contributed by atoms with Crippen LogP contribution in [0.5, 0.6) is 0 Å². The summed E-state index contributed by atoms with van der Waals surface area (Å²) in [5.41, 5.74) is 0.725. The van der Waals surface area contributed by atoms with Crippen molar-refractivity contribution in [2.45, 2.75) is 12.5 Å². The van der Waals surface area contributed by atoms with Crippen LogP contribution in [0.25, 0.3) is 0 Å². The van der Waals surface area contributed by atoms with Crippen LogP contribution in [0.15, 0.2) is 30.3 Å². The molecular formula is C14H12Cl2FNO2. The SMILES string of the molecule is OCCc1cc(Cl)cc(F)c1C(O)c1cccc(Cl)n1. The maximum Gasteiger partial charge on any atom is 0.131 e. The second-order valence-electron chi connectivity index (χ2n) is 4.22. The van der Waals surface area contributed by atoms with E-state index in [9.17, 15) is 9.50 Å². The lowest BCUT2D eigenvalue weighted by molar-refractivity contribution is 0.207. The van der Waals surface area contributed by atoms with E-state index in [-0.39, 0.29) is 34.5 Å². The van der Waals surface area contributed by atoms with Crippen molar-refractivity contribution in [1.82, 2.24) is 4.98 Å². The molecule has 0 saturated heterocycles. The van der Waals surface area contributed by atoms with Crippen molar-refractivity contribution in [2.24, 2.45) is 0 Å². The van der Waals surface area contributed by atoms with Gasteiger partial charge < -0.3 is 10.2 Å². The largest absolute Gasteiger partial charge is 0.396 e. The summed E-state index contributed by atoms with van der Waals surface area (Å²) in [4.78, 5) is 3.97. The average Bonchev–Trinajstić information content (AvgIpc) is 2.38. The summed E-state index contributed by atoms with van der Waals surface area (Å²) in [7, 11) is 0. The van der Waals surface area contributed by atoms with Gasteiger partial charge in [0.2, 0.25) is 0 Å². The van der Waals surface area contributed by atoms with Crippen LogP contribution >= 0.6 is 23.2 Å². The number of hydrogen-bond acceptors (Lipinski definition) is 3. The van der Waals surface area contributed by atoms with E-state index in [2.05, 4.69) is 4.98 Å². The molecule has 0 radical (unpaired) electrons. The number of benzene rings is 1. The lowest BCUT2D eigenvalue weighted by Crippen LogP contribution is -2.10. The zero-order chi connectivity index (χ0) is 14.7. The van der Waals surface area contributed by atoms with Crippen LogP contribution in [0.2, 0.25) is 10.2 Å². The van der Waals surface area contributed by atoms with Gasteiger partial charge in [-0.15, -0.1) is 0 Å². The Hall–Kier alpha value is -1.20. The number of nitrogens with zero attached hydrogens (tertiary/aromatic N) is 1. The van der Waals surface area contributed by atoms with Gasteiger partial charge >= 0.3 is 0 Å². The highest BCUT2D eigenvalue weighted by molar-refractivity contribution is 6.30. The summed E-state index contributed by atoms with van der Waals surface area (Å²) in [5.74, 6) is -0.643. The molecule has 0 spiro atoms. The first kappa shape index (κ1) is 15.2. The molecule has 1 aromatic carbocycles. The second kappa shape index (κ2) is 6.50. The average molecular weight is 316 g/mol. The van der Waals surface area contributed by atoms with E-state index < -0.39 is 11.9 Å². The van der Waals surface area contributed by atoms with Crippen LogP contribution in [0.3, 0.4) is 0 Å². The molecule has 106 valence electrons. The Morgan fingerprint density at radius 2 is 2.00 bits per heavy atom. The van der Waals surface area contributed by atoms with Gasteiger partial charge in [0.15, 0.2) is 0 Å². The third kappa shape index (κ3) is 3.27. The predicted octanol–water partition coefficient (Wildman–Crippen LogP) is 3.14. The highest BCUT2D eigenvalue weighted by Gasteiger charge is 2.21. The highest BCUT2D eigenvalue weighted by Crippen LogP contribution is 2.30. The Balaban J connectivity index is 2.50. The Bertz CT molecular complexity index is 622. The Morgan fingerprint density at radius 3 is 2.65 bits per heavy atom. The van der Waals surface area contributed by atoms with Crippen molar-refractivity contribution in [3.05, 3.63) is 63.1 Å². The summed E-state index contributed by atoms with van der Waals surface area (Å²) in [6, 6.07) is 7.36. The normalized spacial score (nSPS) is 12.4. The van der Waals surface area contributed by atoms with E-state index in [1.54, 1.807) is 18.2 Å². The van der Waals surface area contributed by atoms with Crippen molar-refractivity contribution in [3.63, 3.8) is 0 Å². The van der Waals surface area contributed by atoms with E-state index in [0.29, 0.717) is 5.56 Å². The molecule has 20 heavy (non-hydrogen) atoms. The fraction of sp³-hybridized carbons (Fsp3) is 0.214. The number of pyridine rings is 1. The van der Waals surface area contributed by atoms with Crippen LogP contribution in [0.4, 0.5) is 4.39 Å². The van der Waals surface area contributed by atoms with Gasteiger partial charge in [0.25, 0.3) is 0 Å². The van der Waals surface area contributed by atoms with Gasteiger partial charge in [-0.3, -0.25) is 0 Å². The van der Waals surface area contributed by atoms with E-state index in [1.165, 1.54) is 6.07 Å². The molecule has 0 fully saturated rings. The number of rotatable bonds is 4. The molecule has 2 rings (SSSR count). The third-order valence-corrected chi connectivity index (χ3v) is 3.28. The molecular weight excluding hydrogens is 304 g/mol. The van der Waals surface area contributed by atoms with Crippen molar-refractivity contribution in [1.29, 1.82) is 0 Å². The fourth-order valence-corrected chi connectivity index (χ4v) is 2.39. The summed E-state index contributed by atoms with van der Waals surface area (Å²) >= 11 is 11.6. The lowest BCUT2D eigenvalue weighted by Gasteiger charge is -2.16. The van der Waals surface area contributed by atoms with Gasteiger partial charge in [-0.25, -0.2) is 9.37 Å². The zero-order valence-corrected chi connectivity index (χ0v) is 11.9. The van der Waals surface area contributed by atoms with E-state index in [4.69, 9.17) is 28.3 Å². The molecule has 3 nitrogen and oxygen atoms in total. The quantitative estimate of drug-likeness (QED) is 0.852. The molecule has 2 N–H and O–H groups in total. The van der Waals surface area contributed by atoms with Crippen molar-refractivity contribution >= 4 is 23.2 Å². The van der Waals surface area contributed by atoms with Crippen LogP contribution in [0, 0.1) is 5.82 Å². The molecule has 1 unspecified atom stereocenters. The first-order valence-electron chi connectivity index (χ1n) is 5.92. The topological polar surface area (TPSA) is 53.4 Å². The molecule has 0 aliphatic rings. The van der Waals surface area contributed by atoms with Gasteiger partial charge in [-0.2, -0.15) is 0 Å². The van der Waals surface area contributed by atoms with Crippen LogP contribution in [-0.2, 0) is 6.42 Å². The van der Waals surface area contributed by atoms with E-state index in [0.717, 1.165) is 6.07 Å². The minimum absolute atomic E-state index is 0.0539. The summed E-state index contributed by atoms with van der Waals surface area (Å²) in [6.07, 6.45) is -1.09. The lowest BCUT2D eigenvalue weighted by atomic mass is 9.97. The molecule has 1 atom stereocenters. The summed E-state index contributed by atoms with van der Waals surface area (Å²) in [5, 5.41) is 19.8. The van der Waals surface area contributed by atoms with Gasteiger partial charge in [0, 0.05) is 17.2 Å². The first-order chi connectivity index (χ1) is 9.52. The number of hydrogen-bond donors (Lipinski definition) is 2. The highest BCUT2D eigenvalue weighted by atomic mass is 35.5. The Morgan fingerprint density at radius 1 is 1.25 bits per heavy atom. The van der Waals surface area contributed by atoms with Gasteiger partial charge in [0.1, 0.15) is 17.1 Å². The predicted molar refractivity (Wildman–Crippen MR) is 75.5 cm³/mol. The van der Waals surface area contributed by atoms with Gasteiger partial charge in [0.05, 0.1) is 5.69 Å². The number of aromatic nitrogens is 1. The Kier molecular flexibility index (Phi) is 4.94. The minimum atomic E-state index is -1.27. The maximum absolute atomic E-state index is 14.1. The zero-order valence-electron chi connectivity index (χ0n) is 10.4. The monoisotopic (exact) mass is 315 g/mol. The van der Waals surface area contributed by atoms with E-state index >= 15 is 0 Å².